The second-order valence-corrected chi connectivity index (χ2v) is 6.92. The first kappa shape index (κ1) is 20.5. The van der Waals surface area contributed by atoms with E-state index in [0.717, 1.165) is 6.34 Å². The predicted molar refractivity (Wildman–Crippen MR) is 116 cm³/mol. The van der Waals surface area contributed by atoms with Crippen molar-refractivity contribution >= 4 is 57.9 Å². The molecule has 0 aliphatic rings. The third-order valence-corrected chi connectivity index (χ3v) is 4.51. The topological polar surface area (TPSA) is 131 Å². The van der Waals surface area contributed by atoms with Gasteiger partial charge in [-0.1, -0.05) is 41.4 Å². The van der Waals surface area contributed by atoms with Crippen LogP contribution in [0.5, 0.6) is 0 Å². The van der Waals surface area contributed by atoms with Gasteiger partial charge >= 0.3 is 0 Å². The molecule has 0 saturated carbocycles. The highest BCUT2D eigenvalue weighted by molar-refractivity contribution is 6.38. The molecule has 0 bridgehead atoms. The summed E-state index contributed by atoms with van der Waals surface area (Å²) in [7, 11) is 0. The van der Waals surface area contributed by atoms with Crippen molar-refractivity contribution in [3.05, 3.63) is 69.3 Å². The fourth-order valence-corrected chi connectivity index (χ4v) is 3.37. The molecular formula is C18H13Cl3N8. The van der Waals surface area contributed by atoms with E-state index < -0.39 is 0 Å². The first-order chi connectivity index (χ1) is 13.8. The van der Waals surface area contributed by atoms with Crippen LogP contribution in [0, 0.1) is 11.3 Å². The molecule has 0 atom stereocenters. The average Bonchev–Trinajstić information content (AvgIpc) is 3.09. The van der Waals surface area contributed by atoms with Crippen molar-refractivity contribution in [2.75, 3.05) is 5.32 Å². The molecule has 8 nitrogen and oxygen atoms in total. The highest BCUT2D eigenvalue weighted by Crippen LogP contribution is 2.34. The Bertz CT molecular complexity index is 1200. The van der Waals surface area contributed by atoms with E-state index in [2.05, 4.69) is 27.0 Å². The number of aromatic nitrogens is 3. The minimum Gasteiger partial charge on any atom is -0.399 e. The quantitative estimate of drug-likeness (QED) is 0.308. The Morgan fingerprint density at radius 3 is 2.55 bits per heavy atom. The Kier molecular flexibility index (Phi) is 5.94. The molecule has 0 unspecified atom stereocenters. The van der Waals surface area contributed by atoms with Crippen LogP contribution in [0.2, 0.25) is 15.1 Å². The van der Waals surface area contributed by atoms with Gasteiger partial charge in [0, 0.05) is 18.0 Å². The van der Waals surface area contributed by atoms with Crippen LogP contribution < -0.4 is 16.8 Å². The van der Waals surface area contributed by atoms with Gasteiger partial charge in [-0.15, -0.1) is 0 Å². The lowest BCUT2D eigenvalue weighted by Gasteiger charge is -2.07. The number of nitrogens with zero attached hydrogens (tertiary/aromatic N) is 5. The number of fused-ring (bicyclic) bond motifs is 1. The van der Waals surface area contributed by atoms with Crippen molar-refractivity contribution in [3.63, 3.8) is 0 Å². The van der Waals surface area contributed by atoms with Gasteiger partial charge in [0.25, 0.3) is 0 Å². The maximum atomic E-state index is 9.06. The van der Waals surface area contributed by atoms with Crippen LogP contribution in [0.15, 0.2) is 53.7 Å². The fourth-order valence-electron chi connectivity index (χ4n) is 2.52. The van der Waals surface area contributed by atoms with Gasteiger partial charge in [-0.3, -0.25) is 0 Å². The zero-order chi connectivity index (χ0) is 21.1. The van der Waals surface area contributed by atoms with Crippen molar-refractivity contribution in [3.8, 4) is 11.8 Å². The minimum atomic E-state index is 0.258. The van der Waals surface area contributed by atoms with Crippen LogP contribution in [0.3, 0.4) is 0 Å². The zero-order valence-electron chi connectivity index (χ0n) is 14.7. The molecule has 0 aliphatic heterocycles. The molecule has 0 saturated heterocycles. The molecule has 2 aromatic heterocycles. The van der Waals surface area contributed by atoms with Crippen LogP contribution in [-0.2, 0) is 0 Å². The average molecular weight is 448 g/mol. The molecule has 3 rings (SSSR count). The van der Waals surface area contributed by atoms with E-state index in [1.54, 1.807) is 6.20 Å². The highest BCUT2D eigenvalue weighted by atomic mass is 35.5. The predicted octanol–water partition coefficient (Wildman–Crippen LogP) is 3.97. The number of pyridine rings is 1. The molecule has 29 heavy (non-hydrogen) atoms. The maximum absolute atomic E-state index is 9.06. The maximum Gasteiger partial charge on any atom is 0.142 e. The van der Waals surface area contributed by atoms with E-state index in [-0.39, 0.29) is 15.7 Å². The van der Waals surface area contributed by atoms with Crippen molar-refractivity contribution in [1.29, 1.82) is 5.26 Å². The first-order valence-corrected chi connectivity index (χ1v) is 9.08. The molecule has 5 N–H and O–H groups in total. The van der Waals surface area contributed by atoms with Gasteiger partial charge < -0.3 is 16.8 Å². The molecule has 11 heteroatoms. The summed E-state index contributed by atoms with van der Waals surface area (Å²) in [6, 6.07) is 4.99. The van der Waals surface area contributed by atoms with Crippen molar-refractivity contribution in [1.82, 2.24) is 14.8 Å². The number of hydrogen-bond acceptors (Lipinski definition) is 6. The summed E-state index contributed by atoms with van der Waals surface area (Å²) in [6.45, 7) is 3.61. The molecule has 0 aliphatic carbocycles. The summed E-state index contributed by atoms with van der Waals surface area (Å²) < 4.78 is 1.46. The second kappa shape index (κ2) is 8.41. The van der Waals surface area contributed by atoms with Crippen molar-refractivity contribution < 1.29 is 0 Å². The third-order valence-electron chi connectivity index (χ3n) is 3.66. The Morgan fingerprint density at radius 1 is 1.28 bits per heavy atom. The number of hydrogen-bond donors (Lipinski definition) is 3. The van der Waals surface area contributed by atoms with E-state index in [4.69, 9.17) is 51.5 Å². The molecule has 3 aromatic rings. The standard InChI is InChI=1S/C18H13Cl3N8/c1-9(24)2-15(26-8-23)27-18-11-7-29(28-16(11)14(21)6-25-18)17-12(19)3-10(5-22)4-13(17)20/h2-4,6-8H,1,24H2,(H2,23,26)(H,25,27)/b15-2+. The molecule has 146 valence electrons. The lowest BCUT2D eigenvalue weighted by atomic mass is 10.2. The normalized spacial score (nSPS) is 11.7. The van der Waals surface area contributed by atoms with Crippen LogP contribution >= 0.6 is 34.8 Å². The second-order valence-electron chi connectivity index (χ2n) is 5.70. The molecule has 0 fully saturated rings. The number of aliphatic imine (C=N–C) groups is 1. The smallest absolute Gasteiger partial charge is 0.142 e. The molecular weight excluding hydrogens is 435 g/mol. The van der Waals surface area contributed by atoms with E-state index in [9.17, 15) is 0 Å². The number of nitrogens with two attached hydrogens (primary N) is 2. The van der Waals surface area contributed by atoms with Crippen molar-refractivity contribution in [2.24, 2.45) is 16.5 Å². The van der Waals surface area contributed by atoms with Crippen LogP contribution in [-0.4, -0.2) is 21.1 Å². The van der Waals surface area contributed by atoms with Gasteiger partial charge in [0.1, 0.15) is 22.8 Å². The largest absolute Gasteiger partial charge is 0.399 e. The lowest BCUT2D eigenvalue weighted by Crippen LogP contribution is -2.04. The number of nitriles is 1. The van der Waals surface area contributed by atoms with Crippen LogP contribution in [0.25, 0.3) is 16.6 Å². The van der Waals surface area contributed by atoms with Gasteiger partial charge in [-0.25, -0.2) is 14.7 Å². The van der Waals surface area contributed by atoms with E-state index in [1.807, 2.05) is 6.07 Å². The van der Waals surface area contributed by atoms with Gasteiger partial charge in [0.05, 0.1) is 44.6 Å². The molecule has 0 radical (unpaired) electrons. The summed E-state index contributed by atoms with van der Waals surface area (Å²) in [5, 5.41) is 17.9. The minimum absolute atomic E-state index is 0.258. The molecule has 1 aromatic carbocycles. The van der Waals surface area contributed by atoms with E-state index in [0.29, 0.717) is 38.8 Å². The summed E-state index contributed by atoms with van der Waals surface area (Å²) in [6.07, 6.45) is 5.68. The molecule has 0 amide bonds. The van der Waals surface area contributed by atoms with Gasteiger partial charge in [0.2, 0.25) is 0 Å². The number of benzene rings is 1. The SMILES string of the molecule is C=C(N)/C=C(\N=CN)Nc1ncc(Cl)c2nn(-c3c(Cl)cc(C#N)cc3Cl)cc12. The van der Waals surface area contributed by atoms with E-state index in [1.165, 1.54) is 29.1 Å². The first-order valence-electron chi connectivity index (χ1n) is 7.94. The summed E-state index contributed by atoms with van der Waals surface area (Å²) >= 11 is 18.9. The summed E-state index contributed by atoms with van der Waals surface area (Å²) in [5.41, 5.74) is 12.4. The Hall–Kier alpha value is -3.25. The fraction of sp³-hybridized carbons (Fsp3) is 0. The number of allylic oxidation sites excluding steroid dienone is 1. The monoisotopic (exact) mass is 446 g/mol. The van der Waals surface area contributed by atoms with Gasteiger partial charge in [-0.05, 0) is 12.1 Å². The van der Waals surface area contributed by atoms with Crippen LogP contribution in [0.1, 0.15) is 5.56 Å². The number of halogens is 3. The molecule has 0 spiro atoms. The number of anilines is 1. The number of rotatable bonds is 5. The Balaban J connectivity index is 2.16. The summed E-state index contributed by atoms with van der Waals surface area (Å²) in [5.74, 6) is 0.716. The lowest BCUT2D eigenvalue weighted by molar-refractivity contribution is 0.896. The van der Waals surface area contributed by atoms with Gasteiger partial charge in [0.15, 0.2) is 0 Å². The highest BCUT2D eigenvalue weighted by Gasteiger charge is 2.17. The van der Waals surface area contributed by atoms with Crippen LogP contribution in [0.4, 0.5) is 5.82 Å². The Morgan fingerprint density at radius 2 is 1.97 bits per heavy atom. The Labute approximate surface area is 180 Å². The van der Waals surface area contributed by atoms with E-state index >= 15 is 0 Å². The molecule has 2 heterocycles. The summed E-state index contributed by atoms with van der Waals surface area (Å²) in [4.78, 5) is 8.27. The van der Waals surface area contributed by atoms with Gasteiger partial charge in [-0.2, -0.15) is 10.4 Å². The number of nitrogens with one attached hydrogen (secondary N) is 1. The van der Waals surface area contributed by atoms with Crippen molar-refractivity contribution in [2.45, 2.75) is 0 Å². The third kappa shape index (κ3) is 4.27. The zero-order valence-corrected chi connectivity index (χ0v) is 17.0.